The number of benzene rings is 1. The van der Waals surface area contributed by atoms with E-state index in [9.17, 15) is 0 Å². The molecule has 1 aliphatic heterocycles. The van der Waals surface area contributed by atoms with Gasteiger partial charge in [-0.25, -0.2) is 4.98 Å². The smallest absolute Gasteiger partial charge is 0.112 e. The number of hydrogen-bond donors (Lipinski definition) is 1. The lowest BCUT2D eigenvalue weighted by Gasteiger charge is -2.23. The van der Waals surface area contributed by atoms with E-state index in [0.717, 1.165) is 12.1 Å². The van der Waals surface area contributed by atoms with Crippen LogP contribution in [0, 0.1) is 0 Å². The Labute approximate surface area is 114 Å². The van der Waals surface area contributed by atoms with E-state index >= 15 is 0 Å². The van der Waals surface area contributed by atoms with Crippen LogP contribution in [0.15, 0.2) is 18.2 Å². The Kier molecular flexibility index (Phi) is 2.62. The highest BCUT2D eigenvalue weighted by molar-refractivity contribution is 5.77. The molecule has 1 aromatic carbocycles. The van der Waals surface area contributed by atoms with Gasteiger partial charge in [0.25, 0.3) is 0 Å². The van der Waals surface area contributed by atoms with Gasteiger partial charge >= 0.3 is 0 Å². The molecule has 3 heteroatoms. The number of nitrogens with zero attached hydrogens (tertiary/aromatic N) is 2. The van der Waals surface area contributed by atoms with Crippen LogP contribution in [0.1, 0.15) is 55.5 Å². The van der Waals surface area contributed by atoms with Crippen molar-refractivity contribution in [2.24, 2.45) is 7.05 Å². The summed E-state index contributed by atoms with van der Waals surface area (Å²) in [5.74, 6) is 2.00. The normalized spacial score (nSPS) is 23.9. The molecule has 1 saturated heterocycles. The quantitative estimate of drug-likeness (QED) is 0.892. The van der Waals surface area contributed by atoms with Gasteiger partial charge in [-0.1, -0.05) is 12.5 Å². The first-order valence-electron chi connectivity index (χ1n) is 7.52. The second kappa shape index (κ2) is 4.34. The zero-order valence-electron chi connectivity index (χ0n) is 11.5. The molecular weight excluding hydrogens is 234 g/mol. The van der Waals surface area contributed by atoms with Crippen LogP contribution in [0.25, 0.3) is 11.0 Å². The summed E-state index contributed by atoms with van der Waals surface area (Å²) in [4.78, 5) is 4.80. The molecule has 0 radical (unpaired) electrons. The van der Waals surface area contributed by atoms with Crippen LogP contribution in [-0.2, 0) is 7.05 Å². The molecule has 1 atom stereocenters. The number of aryl methyl sites for hydroxylation is 1. The Morgan fingerprint density at radius 1 is 1.21 bits per heavy atom. The largest absolute Gasteiger partial charge is 0.331 e. The molecule has 2 aromatic rings. The van der Waals surface area contributed by atoms with E-state index in [-0.39, 0.29) is 0 Å². The third-order valence-electron chi connectivity index (χ3n) is 4.59. The zero-order valence-corrected chi connectivity index (χ0v) is 11.5. The minimum atomic E-state index is 0.539. The Hall–Kier alpha value is -1.35. The SMILES string of the molecule is Cn1c(C2CC2)nc2ccc(C3CCCCN3)cc21. The van der Waals surface area contributed by atoms with Gasteiger partial charge in [-0.2, -0.15) is 0 Å². The van der Waals surface area contributed by atoms with Crippen molar-refractivity contribution in [3.05, 3.63) is 29.6 Å². The molecule has 0 bridgehead atoms. The Morgan fingerprint density at radius 2 is 2.11 bits per heavy atom. The first kappa shape index (κ1) is 11.5. The second-order valence-corrected chi connectivity index (χ2v) is 6.05. The molecule has 3 nitrogen and oxygen atoms in total. The van der Waals surface area contributed by atoms with E-state index in [1.54, 1.807) is 0 Å². The lowest BCUT2D eigenvalue weighted by atomic mass is 9.97. The van der Waals surface area contributed by atoms with Crippen molar-refractivity contribution < 1.29 is 0 Å². The third kappa shape index (κ3) is 1.96. The van der Waals surface area contributed by atoms with E-state index in [1.807, 2.05) is 0 Å². The molecule has 1 N–H and O–H groups in total. The molecule has 1 aliphatic carbocycles. The van der Waals surface area contributed by atoms with Crippen LogP contribution in [0.2, 0.25) is 0 Å². The topological polar surface area (TPSA) is 29.9 Å². The van der Waals surface area contributed by atoms with E-state index in [4.69, 9.17) is 4.98 Å². The van der Waals surface area contributed by atoms with E-state index in [1.165, 1.54) is 49.0 Å². The van der Waals surface area contributed by atoms with Crippen molar-refractivity contribution >= 4 is 11.0 Å². The Bertz CT molecular complexity index is 604. The number of imidazole rings is 1. The monoisotopic (exact) mass is 255 g/mol. The zero-order chi connectivity index (χ0) is 12.8. The number of hydrogen-bond acceptors (Lipinski definition) is 2. The molecule has 4 rings (SSSR count). The molecule has 19 heavy (non-hydrogen) atoms. The first-order chi connectivity index (χ1) is 9.33. The van der Waals surface area contributed by atoms with Crippen molar-refractivity contribution in [1.82, 2.24) is 14.9 Å². The Balaban J connectivity index is 1.75. The van der Waals surface area contributed by atoms with Crippen LogP contribution in [0.4, 0.5) is 0 Å². The minimum Gasteiger partial charge on any atom is -0.331 e. The fourth-order valence-electron chi connectivity index (χ4n) is 3.29. The highest BCUT2D eigenvalue weighted by Crippen LogP contribution is 2.40. The van der Waals surface area contributed by atoms with Crippen molar-refractivity contribution in [1.29, 1.82) is 0 Å². The van der Waals surface area contributed by atoms with Crippen LogP contribution in [0.3, 0.4) is 0 Å². The molecule has 1 aromatic heterocycles. The van der Waals surface area contributed by atoms with Gasteiger partial charge in [-0.15, -0.1) is 0 Å². The summed E-state index contributed by atoms with van der Waals surface area (Å²) < 4.78 is 2.30. The lowest BCUT2D eigenvalue weighted by Crippen LogP contribution is -2.26. The van der Waals surface area contributed by atoms with Crippen molar-refractivity contribution in [2.75, 3.05) is 6.54 Å². The molecule has 1 saturated carbocycles. The fourth-order valence-corrected chi connectivity index (χ4v) is 3.29. The summed E-state index contributed by atoms with van der Waals surface area (Å²) in [7, 11) is 2.17. The average Bonchev–Trinajstić information content (AvgIpc) is 3.25. The summed E-state index contributed by atoms with van der Waals surface area (Å²) in [5.41, 5.74) is 3.88. The van der Waals surface area contributed by atoms with Crippen LogP contribution < -0.4 is 5.32 Å². The van der Waals surface area contributed by atoms with E-state index in [2.05, 4.69) is 35.1 Å². The number of aromatic nitrogens is 2. The van der Waals surface area contributed by atoms with Crippen molar-refractivity contribution in [3.8, 4) is 0 Å². The molecule has 100 valence electrons. The summed E-state index contributed by atoms with van der Waals surface area (Å²) in [6, 6.07) is 7.34. The number of rotatable bonds is 2. The van der Waals surface area contributed by atoms with Gasteiger partial charge in [-0.3, -0.25) is 0 Å². The summed E-state index contributed by atoms with van der Waals surface area (Å²) in [5, 5.41) is 3.63. The predicted molar refractivity (Wildman–Crippen MR) is 77.3 cm³/mol. The maximum atomic E-state index is 4.80. The average molecular weight is 255 g/mol. The number of piperidine rings is 1. The van der Waals surface area contributed by atoms with Gasteiger partial charge in [0.15, 0.2) is 0 Å². The summed E-state index contributed by atoms with van der Waals surface area (Å²) in [6.07, 6.45) is 6.55. The van der Waals surface area contributed by atoms with Gasteiger partial charge in [0.05, 0.1) is 11.0 Å². The minimum absolute atomic E-state index is 0.539. The molecule has 0 spiro atoms. The van der Waals surface area contributed by atoms with Gasteiger partial charge in [0.1, 0.15) is 5.82 Å². The fraction of sp³-hybridized carbons (Fsp3) is 0.562. The summed E-state index contributed by atoms with van der Waals surface area (Å²) in [6.45, 7) is 1.15. The van der Waals surface area contributed by atoms with Crippen molar-refractivity contribution in [2.45, 2.75) is 44.1 Å². The Morgan fingerprint density at radius 3 is 2.84 bits per heavy atom. The second-order valence-electron chi connectivity index (χ2n) is 6.05. The standard InChI is InChI=1S/C16H21N3/c1-19-15-10-12(13-4-2-3-9-17-13)7-8-14(15)18-16(19)11-5-6-11/h7-8,10-11,13,17H,2-6,9H2,1H3. The third-order valence-corrected chi connectivity index (χ3v) is 4.59. The molecular formula is C16H21N3. The van der Waals surface area contributed by atoms with Gasteiger partial charge in [0, 0.05) is 19.0 Å². The van der Waals surface area contributed by atoms with Crippen LogP contribution in [-0.4, -0.2) is 16.1 Å². The van der Waals surface area contributed by atoms with Gasteiger partial charge in [-0.05, 0) is 49.9 Å². The van der Waals surface area contributed by atoms with Gasteiger partial charge < -0.3 is 9.88 Å². The first-order valence-corrected chi connectivity index (χ1v) is 7.52. The maximum Gasteiger partial charge on any atom is 0.112 e. The molecule has 1 unspecified atom stereocenters. The molecule has 0 amide bonds. The highest BCUT2D eigenvalue weighted by atomic mass is 15.1. The highest BCUT2D eigenvalue weighted by Gasteiger charge is 2.28. The molecule has 2 fully saturated rings. The van der Waals surface area contributed by atoms with Crippen molar-refractivity contribution in [3.63, 3.8) is 0 Å². The predicted octanol–water partition coefficient (Wildman–Crippen LogP) is 3.27. The molecule has 2 aliphatic rings. The lowest BCUT2D eigenvalue weighted by molar-refractivity contribution is 0.412. The van der Waals surface area contributed by atoms with E-state index < -0.39 is 0 Å². The van der Waals surface area contributed by atoms with Crippen LogP contribution in [0.5, 0.6) is 0 Å². The van der Waals surface area contributed by atoms with Crippen LogP contribution >= 0.6 is 0 Å². The summed E-state index contributed by atoms with van der Waals surface area (Å²) >= 11 is 0. The maximum absolute atomic E-state index is 4.80. The van der Waals surface area contributed by atoms with Gasteiger partial charge in [0.2, 0.25) is 0 Å². The number of nitrogens with one attached hydrogen (secondary N) is 1. The number of fused-ring (bicyclic) bond motifs is 1. The molecule has 2 heterocycles. The van der Waals surface area contributed by atoms with E-state index in [0.29, 0.717) is 12.0 Å².